The second kappa shape index (κ2) is 4.29. The number of nitrogens with zero attached hydrogens (tertiary/aromatic N) is 1. The van der Waals surface area contributed by atoms with Gasteiger partial charge in [-0.15, -0.1) is 0 Å². The van der Waals surface area contributed by atoms with E-state index < -0.39 is 0 Å². The number of fused-ring (bicyclic) bond motifs is 1. The number of hydrogen-bond acceptors (Lipinski definition) is 1. The third-order valence-electron chi connectivity index (χ3n) is 2.69. The number of rotatable bonds is 3. The molecule has 2 N–H and O–H groups in total. The van der Waals surface area contributed by atoms with Crippen molar-refractivity contribution >= 4 is 32.7 Å². The average molecular weight is 281 g/mol. The molecule has 2 rings (SSSR count). The molecule has 2 aromatic rings. The molecule has 1 atom stereocenters. The van der Waals surface area contributed by atoms with Crippen LogP contribution in [0.15, 0.2) is 34.9 Å². The van der Waals surface area contributed by atoms with E-state index in [4.69, 9.17) is 5.73 Å². The van der Waals surface area contributed by atoms with Gasteiger partial charge in [-0.3, -0.25) is 4.79 Å². The second-order valence-electron chi connectivity index (χ2n) is 3.97. The van der Waals surface area contributed by atoms with E-state index >= 15 is 0 Å². The van der Waals surface area contributed by atoms with Gasteiger partial charge < -0.3 is 10.3 Å². The monoisotopic (exact) mass is 280 g/mol. The standard InChI is InChI=1S/C12H13BrN2O/c1-8(12(14)16)7-15-5-4-9-2-3-10(13)6-11(9)15/h2-6,8H,7H2,1H3,(H2,14,16). The van der Waals surface area contributed by atoms with Crippen LogP contribution in [0.3, 0.4) is 0 Å². The number of nitrogens with two attached hydrogens (primary N) is 1. The van der Waals surface area contributed by atoms with Crippen LogP contribution < -0.4 is 5.73 Å². The Labute approximate surface area is 102 Å². The molecule has 16 heavy (non-hydrogen) atoms. The first-order chi connectivity index (χ1) is 7.58. The van der Waals surface area contributed by atoms with Gasteiger partial charge in [-0.1, -0.05) is 28.9 Å². The van der Waals surface area contributed by atoms with E-state index in [1.54, 1.807) is 0 Å². The Morgan fingerprint density at radius 2 is 2.25 bits per heavy atom. The van der Waals surface area contributed by atoms with Gasteiger partial charge in [0.15, 0.2) is 0 Å². The fraction of sp³-hybridized carbons (Fsp3) is 0.250. The highest BCUT2D eigenvalue weighted by molar-refractivity contribution is 9.10. The molecule has 1 aromatic heterocycles. The number of halogens is 1. The summed E-state index contributed by atoms with van der Waals surface area (Å²) in [6.45, 7) is 2.46. The number of primary amides is 1. The highest BCUT2D eigenvalue weighted by atomic mass is 79.9. The lowest BCUT2D eigenvalue weighted by molar-refractivity contribution is -0.121. The van der Waals surface area contributed by atoms with Gasteiger partial charge in [0.05, 0.1) is 5.92 Å². The zero-order valence-corrected chi connectivity index (χ0v) is 10.6. The smallest absolute Gasteiger partial charge is 0.222 e. The van der Waals surface area contributed by atoms with Gasteiger partial charge in [-0.05, 0) is 23.6 Å². The van der Waals surface area contributed by atoms with E-state index in [1.165, 1.54) is 5.39 Å². The van der Waals surface area contributed by atoms with Crippen LogP contribution in [-0.2, 0) is 11.3 Å². The van der Waals surface area contributed by atoms with Crippen molar-refractivity contribution in [1.29, 1.82) is 0 Å². The molecular weight excluding hydrogens is 268 g/mol. The Balaban J connectivity index is 2.37. The normalized spacial score (nSPS) is 12.9. The molecule has 0 spiro atoms. The number of benzene rings is 1. The first-order valence-corrected chi connectivity index (χ1v) is 5.91. The summed E-state index contributed by atoms with van der Waals surface area (Å²) in [5.74, 6) is -0.425. The average Bonchev–Trinajstić information content (AvgIpc) is 2.61. The van der Waals surface area contributed by atoms with Crippen LogP contribution in [0.2, 0.25) is 0 Å². The van der Waals surface area contributed by atoms with Gasteiger partial charge in [0.25, 0.3) is 0 Å². The molecule has 0 radical (unpaired) electrons. The molecule has 1 amide bonds. The van der Waals surface area contributed by atoms with Crippen molar-refractivity contribution in [2.24, 2.45) is 11.7 Å². The van der Waals surface area contributed by atoms with E-state index in [1.807, 2.05) is 37.4 Å². The number of carbonyl (C=O) groups is 1. The summed E-state index contributed by atoms with van der Waals surface area (Å²) in [5, 5.41) is 1.17. The minimum Gasteiger partial charge on any atom is -0.369 e. The lowest BCUT2D eigenvalue weighted by atomic mass is 10.1. The fourth-order valence-electron chi connectivity index (χ4n) is 1.70. The fourth-order valence-corrected chi connectivity index (χ4v) is 2.05. The third-order valence-corrected chi connectivity index (χ3v) is 3.19. The summed E-state index contributed by atoms with van der Waals surface area (Å²) in [6.07, 6.45) is 1.98. The lowest BCUT2D eigenvalue weighted by Crippen LogP contribution is -2.24. The Morgan fingerprint density at radius 1 is 1.50 bits per heavy atom. The van der Waals surface area contributed by atoms with Crippen molar-refractivity contribution in [2.45, 2.75) is 13.5 Å². The SMILES string of the molecule is CC(Cn1ccc2ccc(Br)cc21)C(N)=O. The van der Waals surface area contributed by atoms with E-state index in [0.717, 1.165) is 9.99 Å². The molecule has 4 heteroatoms. The van der Waals surface area contributed by atoms with E-state index in [2.05, 4.69) is 20.5 Å². The number of hydrogen-bond donors (Lipinski definition) is 1. The van der Waals surface area contributed by atoms with E-state index in [0.29, 0.717) is 6.54 Å². The van der Waals surface area contributed by atoms with Crippen LogP contribution in [0.25, 0.3) is 10.9 Å². The summed E-state index contributed by atoms with van der Waals surface area (Å²) in [7, 11) is 0. The van der Waals surface area contributed by atoms with Crippen molar-refractivity contribution < 1.29 is 4.79 Å². The number of aromatic nitrogens is 1. The highest BCUT2D eigenvalue weighted by Crippen LogP contribution is 2.21. The van der Waals surface area contributed by atoms with Crippen molar-refractivity contribution in [2.75, 3.05) is 0 Å². The maximum Gasteiger partial charge on any atom is 0.222 e. The van der Waals surface area contributed by atoms with Crippen LogP contribution in [0.5, 0.6) is 0 Å². The molecule has 0 bridgehead atoms. The first kappa shape index (κ1) is 11.2. The van der Waals surface area contributed by atoms with Crippen molar-refractivity contribution in [3.63, 3.8) is 0 Å². The van der Waals surface area contributed by atoms with Gasteiger partial charge in [0.2, 0.25) is 5.91 Å². The lowest BCUT2D eigenvalue weighted by Gasteiger charge is -2.10. The first-order valence-electron chi connectivity index (χ1n) is 5.11. The number of carbonyl (C=O) groups excluding carboxylic acids is 1. The summed E-state index contributed by atoms with van der Waals surface area (Å²) < 4.78 is 3.09. The number of amides is 1. The molecule has 0 aliphatic rings. The summed E-state index contributed by atoms with van der Waals surface area (Å²) in [5.41, 5.74) is 6.38. The van der Waals surface area contributed by atoms with Crippen LogP contribution >= 0.6 is 15.9 Å². The van der Waals surface area contributed by atoms with Gasteiger partial charge >= 0.3 is 0 Å². The molecule has 3 nitrogen and oxygen atoms in total. The summed E-state index contributed by atoms with van der Waals surface area (Å²) >= 11 is 3.44. The molecule has 0 aliphatic carbocycles. The highest BCUT2D eigenvalue weighted by Gasteiger charge is 2.10. The molecule has 1 aromatic carbocycles. The molecule has 0 aliphatic heterocycles. The quantitative estimate of drug-likeness (QED) is 0.923. The zero-order valence-electron chi connectivity index (χ0n) is 8.98. The predicted octanol–water partition coefficient (Wildman–Crippen LogP) is 2.53. The molecule has 1 unspecified atom stereocenters. The molecule has 84 valence electrons. The molecular formula is C12H13BrN2O. The van der Waals surface area contributed by atoms with Crippen LogP contribution in [0, 0.1) is 5.92 Å². The van der Waals surface area contributed by atoms with Crippen molar-refractivity contribution in [1.82, 2.24) is 4.57 Å². The van der Waals surface area contributed by atoms with Gasteiger partial charge in [0.1, 0.15) is 0 Å². The van der Waals surface area contributed by atoms with Gasteiger partial charge in [-0.2, -0.15) is 0 Å². The minimum absolute atomic E-state index is 0.158. The van der Waals surface area contributed by atoms with Gasteiger partial charge in [0, 0.05) is 22.7 Å². The van der Waals surface area contributed by atoms with Crippen LogP contribution in [0.1, 0.15) is 6.92 Å². The molecule has 0 fully saturated rings. The molecule has 1 heterocycles. The summed E-state index contributed by atoms with van der Waals surface area (Å²) in [4.78, 5) is 11.0. The summed E-state index contributed by atoms with van der Waals surface area (Å²) in [6, 6.07) is 8.13. The second-order valence-corrected chi connectivity index (χ2v) is 4.89. The molecule has 0 saturated heterocycles. The van der Waals surface area contributed by atoms with E-state index in [9.17, 15) is 4.79 Å². The maximum absolute atomic E-state index is 11.0. The Kier molecular flexibility index (Phi) is 3.01. The Bertz CT molecular complexity index is 533. The topological polar surface area (TPSA) is 48.0 Å². The molecule has 0 saturated carbocycles. The van der Waals surface area contributed by atoms with Crippen LogP contribution in [-0.4, -0.2) is 10.5 Å². The predicted molar refractivity (Wildman–Crippen MR) is 68.0 cm³/mol. The third kappa shape index (κ3) is 2.11. The Morgan fingerprint density at radius 3 is 2.94 bits per heavy atom. The van der Waals surface area contributed by atoms with E-state index in [-0.39, 0.29) is 11.8 Å². The van der Waals surface area contributed by atoms with Gasteiger partial charge in [-0.25, -0.2) is 0 Å². The Hall–Kier alpha value is -1.29. The minimum atomic E-state index is -0.267. The van der Waals surface area contributed by atoms with Crippen LogP contribution in [0.4, 0.5) is 0 Å². The largest absolute Gasteiger partial charge is 0.369 e. The van der Waals surface area contributed by atoms with Crippen molar-refractivity contribution in [3.8, 4) is 0 Å². The van der Waals surface area contributed by atoms with Crippen molar-refractivity contribution in [3.05, 3.63) is 34.9 Å². The zero-order chi connectivity index (χ0) is 11.7. The maximum atomic E-state index is 11.0.